The molecular formula is C79H154O17P2. The topological polar surface area (TPSA) is 237 Å². The Hall–Kier alpha value is -1.94. The molecule has 0 aliphatic heterocycles. The van der Waals surface area contributed by atoms with E-state index in [0.29, 0.717) is 31.6 Å². The smallest absolute Gasteiger partial charge is 0.462 e. The molecule has 0 saturated heterocycles. The molecule has 0 aromatic carbocycles. The minimum atomic E-state index is -4.96. The fourth-order valence-electron chi connectivity index (χ4n) is 12.2. The van der Waals surface area contributed by atoms with E-state index in [-0.39, 0.29) is 25.7 Å². The minimum Gasteiger partial charge on any atom is -0.462 e. The monoisotopic (exact) mass is 1440 g/mol. The lowest BCUT2D eigenvalue weighted by Gasteiger charge is -2.21. The molecule has 0 aromatic heterocycles. The molecule has 0 fully saturated rings. The van der Waals surface area contributed by atoms with E-state index >= 15 is 0 Å². The minimum absolute atomic E-state index is 0.107. The largest absolute Gasteiger partial charge is 0.472 e. The van der Waals surface area contributed by atoms with E-state index in [1.165, 1.54) is 238 Å². The lowest BCUT2D eigenvalue weighted by atomic mass is 10.0. The van der Waals surface area contributed by atoms with Crippen molar-refractivity contribution in [3.05, 3.63) is 0 Å². The average Bonchev–Trinajstić information content (AvgIpc) is 1.86. The number of aliphatic hydroxyl groups is 1. The Kier molecular flexibility index (Phi) is 70.6. The van der Waals surface area contributed by atoms with Crippen molar-refractivity contribution in [2.75, 3.05) is 39.6 Å². The van der Waals surface area contributed by atoms with Gasteiger partial charge in [0, 0.05) is 25.7 Å². The first-order valence-electron chi connectivity index (χ1n) is 41.1. The van der Waals surface area contributed by atoms with Gasteiger partial charge < -0.3 is 33.8 Å². The van der Waals surface area contributed by atoms with E-state index in [4.69, 9.17) is 37.0 Å². The normalized spacial score (nSPS) is 13.9. The molecule has 0 saturated carbocycles. The Morgan fingerprint density at radius 2 is 0.469 bits per heavy atom. The number of phosphoric ester groups is 2. The van der Waals surface area contributed by atoms with Gasteiger partial charge in [0.05, 0.1) is 26.4 Å². The van der Waals surface area contributed by atoms with Crippen LogP contribution in [-0.4, -0.2) is 96.7 Å². The molecule has 19 heteroatoms. The number of carbonyl (C=O) groups is 4. The maximum atomic E-state index is 13.1. The van der Waals surface area contributed by atoms with Crippen LogP contribution in [0.15, 0.2) is 0 Å². The molecule has 17 nitrogen and oxygen atoms in total. The van der Waals surface area contributed by atoms with Crippen molar-refractivity contribution in [3.8, 4) is 0 Å². The van der Waals surface area contributed by atoms with Crippen molar-refractivity contribution < 1.29 is 80.2 Å². The van der Waals surface area contributed by atoms with E-state index < -0.39 is 97.5 Å². The van der Waals surface area contributed by atoms with Gasteiger partial charge in [-0.25, -0.2) is 9.13 Å². The summed E-state index contributed by atoms with van der Waals surface area (Å²) >= 11 is 0. The van der Waals surface area contributed by atoms with Gasteiger partial charge >= 0.3 is 39.5 Å². The van der Waals surface area contributed by atoms with E-state index in [1.54, 1.807) is 0 Å². The number of aliphatic hydroxyl groups excluding tert-OH is 1. The fourth-order valence-corrected chi connectivity index (χ4v) is 13.8. The van der Waals surface area contributed by atoms with Crippen LogP contribution in [0.2, 0.25) is 0 Å². The third kappa shape index (κ3) is 72.4. The Morgan fingerprint density at radius 1 is 0.276 bits per heavy atom. The van der Waals surface area contributed by atoms with Gasteiger partial charge in [-0.15, -0.1) is 0 Å². The van der Waals surface area contributed by atoms with Gasteiger partial charge in [-0.1, -0.05) is 369 Å². The maximum absolute atomic E-state index is 13.1. The van der Waals surface area contributed by atoms with Crippen molar-refractivity contribution in [1.82, 2.24) is 0 Å². The predicted octanol–water partition coefficient (Wildman–Crippen LogP) is 23.6. The zero-order valence-corrected chi connectivity index (χ0v) is 65.7. The van der Waals surface area contributed by atoms with Crippen LogP contribution in [0.1, 0.15) is 420 Å². The molecule has 0 rings (SSSR count). The number of ether oxygens (including phenoxy) is 4. The first-order chi connectivity index (χ1) is 47.5. The van der Waals surface area contributed by atoms with Crippen LogP contribution >= 0.6 is 15.6 Å². The van der Waals surface area contributed by atoms with Gasteiger partial charge in [0.15, 0.2) is 12.2 Å². The summed E-state index contributed by atoms with van der Waals surface area (Å²) in [5.41, 5.74) is 0. The number of esters is 4. The molecule has 0 radical (unpaired) electrons. The van der Waals surface area contributed by atoms with Gasteiger partial charge in [0.1, 0.15) is 19.3 Å². The zero-order valence-electron chi connectivity index (χ0n) is 63.9. The summed E-state index contributed by atoms with van der Waals surface area (Å²) in [4.78, 5) is 72.9. The number of carbonyl (C=O) groups excluding carboxylic acids is 4. The summed E-state index contributed by atoms with van der Waals surface area (Å²) in [5, 5.41) is 10.6. The van der Waals surface area contributed by atoms with Crippen molar-refractivity contribution in [3.63, 3.8) is 0 Å². The molecule has 0 aliphatic carbocycles. The van der Waals surface area contributed by atoms with Crippen molar-refractivity contribution >= 4 is 39.5 Å². The third-order valence-corrected chi connectivity index (χ3v) is 20.4. The Balaban J connectivity index is 5.22. The average molecular weight is 1440 g/mol. The second-order valence-corrected chi connectivity index (χ2v) is 31.8. The zero-order chi connectivity index (χ0) is 71.9. The highest BCUT2D eigenvalue weighted by atomic mass is 31.2. The Morgan fingerprint density at radius 3 is 0.694 bits per heavy atom. The lowest BCUT2D eigenvalue weighted by molar-refractivity contribution is -0.161. The molecule has 3 N–H and O–H groups in total. The quantitative estimate of drug-likeness (QED) is 0.0222. The number of phosphoric acid groups is 2. The molecular weight excluding hydrogens is 1280 g/mol. The summed E-state index contributed by atoms with van der Waals surface area (Å²) in [6.07, 6.45) is 62.5. The van der Waals surface area contributed by atoms with Gasteiger partial charge in [0.25, 0.3) is 0 Å². The molecule has 0 bridgehead atoms. The van der Waals surface area contributed by atoms with Crippen LogP contribution in [0.5, 0.6) is 0 Å². The number of hydrogen-bond donors (Lipinski definition) is 3. The molecule has 5 atom stereocenters. The number of unbranched alkanes of at least 4 members (excludes halogenated alkanes) is 51. The summed E-state index contributed by atoms with van der Waals surface area (Å²) in [7, 11) is -9.91. The highest BCUT2D eigenvalue weighted by Crippen LogP contribution is 2.45. The van der Waals surface area contributed by atoms with Crippen molar-refractivity contribution in [1.29, 1.82) is 0 Å². The molecule has 582 valence electrons. The van der Waals surface area contributed by atoms with E-state index in [0.717, 1.165) is 96.3 Å². The number of rotatable bonds is 79. The molecule has 0 aromatic rings. The predicted molar refractivity (Wildman–Crippen MR) is 400 cm³/mol. The second kappa shape index (κ2) is 72.0. The highest BCUT2D eigenvalue weighted by Gasteiger charge is 2.30. The Labute approximate surface area is 600 Å². The molecule has 98 heavy (non-hydrogen) atoms. The van der Waals surface area contributed by atoms with E-state index in [1.807, 2.05) is 0 Å². The number of hydrogen-bond acceptors (Lipinski definition) is 15. The third-order valence-electron chi connectivity index (χ3n) is 18.5. The summed E-state index contributed by atoms with van der Waals surface area (Å²) in [6, 6.07) is 0. The van der Waals surface area contributed by atoms with Crippen molar-refractivity contribution in [2.45, 2.75) is 438 Å². The van der Waals surface area contributed by atoms with Crippen LogP contribution < -0.4 is 0 Å². The van der Waals surface area contributed by atoms with Gasteiger partial charge in [-0.3, -0.25) is 37.3 Å². The SMILES string of the molecule is CCCCCCCCCCCCCCCCCCCCCC(=O)O[C@H](COC(=O)CCCCCCCCCCCCCCCCCCC)COP(=O)(O)OC[C@@H](O)COP(=O)(O)OC[C@@H](COC(=O)CCCCCCCCCC(C)C)OC(=O)CCCCCCCCCCCCCC. The van der Waals surface area contributed by atoms with E-state index in [2.05, 4.69) is 34.6 Å². The van der Waals surface area contributed by atoms with Gasteiger partial charge in [-0.2, -0.15) is 0 Å². The first kappa shape index (κ1) is 96.1. The van der Waals surface area contributed by atoms with Crippen molar-refractivity contribution in [2.24, 2.45) is 5.92 Å². The van der Waals surface area contributed by atoms with E-state index in [9.17, 15) is 43.2 Å². The lowest BCUT2D eigenvalue weighted by Crippen LogP contribution is -2.30. The van der Waals surface area contributed by atoms with Crippen LogP contribution in [-0.2, 0) is 65.4 Å². The van der Waals surface area contributed by atoms with Crippen LogP contribution in [0.4, 0.5) is 0 Å². The standard InChI is InChI=1S/C79H154O17P2/c1-6-9-12-15-18-21-24-27-29-31-32-34-36-38-41-44-49-55-60-65-79(84)95-74(68-89-76(81)62-57-52-47-42-40-37-35-33-30-28-25-22-19-16-13-10-7-2)70-93-97(85,86)91-66-73(80)67-92-98(87,88)94-71-75(69-90-77(82)63-58-53-50-45-46-51-56-61-72(4)5)96-78(83)64-59-54-48-43-39-26-23-20-17-14-11-8-3/h72-75,80H,6-71H2,1-5H3,(H,85,86)(H,87,88)/t73-,74-,75-/m1/s1. The second-order valence-electron chi connectivity index (χ2n) is 28.9. The summed E-state index contributed by atoms with van der Waals surface area (Å²) < 4.78 is 68.6. The first-order valence-corrected chi connectivity index (χ1v) is 44.1. The molecule has 0 spiro atoms. The molecule has 0 heterocycles. The molecule has 0 amide bonds. The highest BCUT2D eigenvalue weighted by molar-refractivity contribution is 7.47. The maximum Gasteiger partial charge on any atom is 0.472 e. The van der Waals surface area contributed by atoms with Gasteiger partial charge in [-0.05, 0) is 31.6 Å². The van der Waals surface area contributed by atoms with Crippen LogP contribution in [0.3, 0.4) is 0 Å². The molecule has 2 unspecified atom stereocenters. The van der Waals surface area contributed by atoms with Crippen LogP contribution in [0.25, 0.3) is 0 Å². The summed E-state index contributed by atoms with van der Waals surface area (Å²) in [5.74, 6) is -1.40. The fraction of sp³-hybridized carbons (Fsp3) is 0.949. The van der Waals surface area contributed by atoms with Crippen LogP contribution in [0, 0.1) is 5.92 Å². The Bertz CT molecular complexity index is 1870. The van der Waals surface area contributed by atoms with Gasteiger partial charge in [0.2, 0.25) is 0 Å². The summed E-state index contributed by atoms with van der Waals surface area (Å²) in [6.45, 7) is 7.26. The molecule has 0 aliphatic rings.